The van der Waals surface area contributed by atoms with E-state index in [1.54, 1.807) is 6.92 Å². The fourth-order valence-electron chi connectivity index (χ4n) is 4.73. The number of aliphatic hydroxyl groups is 1. The number of carbonyl (C=O) groups excluding carboxylic acids is 2. The van der Waals surface area contributed by atoms with E-state index in [1.807, 2.05) is 16.7 Å². The van der Waals surface area contributed by atoms with Crippen LogP contribution in [-0.2, 0) is 14.3 Å². The zero-order valence-corrected chi connectivity index (χ0v) is 15.5. The number of hydrogen-bond acceptors (Lipinski definition) is 5. The zero-order valence-electron chi connectivity index (χ0n) is 15.5. The molecule has 3 aliphatic rings. The number of amides is 2. The van der Waals surface area contributed by atoms with E-state index in [-0.39, 0.29) is 23.8 Å². The minimum absolute atomic E-state index is 0.00595. The second-order valence-electron chi connectivity index (χ2n) is 8.21. The Bertz CT molecular complexity index is 512. The Morgan fingerprint density at radius 1 is 1.12 bits per heavy atom. The molecule has 3 saturated heterocycles. The van der Waals surface area contributed by atoms with Gasteiger partial charge in [0.2, 0.25) is 11.8 Å². The van der Waals surface area contributed by atoms with E-state index in [4.69, 9.17) is 4.74 Å². The molecule has 142 valence electrons. The molecule has 0 bridgehead atoms. The molecule has 0 radical (unpaired) electrons. The molecule has 7 nitrogen and oxygen atoms in total. The predicted octanol–water partition coefficient (Wildman–Crippen LogP) is -0.0694. The minimum Gasteiger partial charge on any atom is -0.394 e. The zero-order chi connectivity index (χ0) is 18.1. The van der Waals surface area contributed by atoms with Gasteiger partial charge in [-0.1, -0.05) is 0 Å². The van der Waals surface area contributed by atoms with Crippen molar-refractivity contribution < 1.29 is 19.4 Å². The molecule has 3 rings (SSSR count). The molecule has 1 N–H and O–H groups in total. The van der Waals surface area contributed by atoms with Crippen molar-refractivity contribution in [2.75, 3.05) is 59.1 Å². The maximum Gasteiger partial charge on any atom is 0.236 e. The molecule has 0 aromatic rings. The van der Waals surface area contributed by atoms with Gasteiger partial charge in [0.1, 0.15) is 0 Å². The number of ether oxygens (including phenoxy) is 1. The molecular formula is C18H31N3O4. The van der Waals surface area contributed by atoms with E-state index in [1.165, 1.54) is 0 Å². The van der Waals surface area contributed by atoms with Crippen LogP contribution in [0.15, 0.2) is 0 Å². The topological polar surface area (TPSA) is 73.3 Å². The third-order valence-corrected chi connectivity index (χ3v) is 6.26. The van der Waals surface area contributed by atoms with Crippen LogP contribution < -0.4 is 0 Å². The van der Waals surface area contributed by atoms with Gasteiger partial charge in [0, 0.05) is 39.6 Å². The average Bonchev–Trinajstić information content (AvgIpc) is 2.90. The first-order valence-corrected chi connectivity index (χ1v) is 9.34. The lowest BCUT2D eigenvalue weighted by Gasteiger charge is -2.40. The molecule has 3 heterocycles. The average molecular weight is 353 g/mol. The van der Waals surface area contributed by atoms with Crippen LogP contribution in [-0.4, -0.2) is 96.2 Å². The normalized spacial score (nSPS) is 30.0. The number of piperidine rings is 1. The van der Waals surface area contributed by atoms with Gasteiger partial charge in [-0.05, 0) is 31.6 Å². The molecular weight excluding hydrogens is 322 g/mol. The van der Waals surface area contributed by atoms with Gasteiger partial charge < -0.3 is 19.6 Å². The van der Waals surface area contributed by atoms with E-state index < -0.39 is 5.54 Å². The van der Waals surface area contributed by atoms with Crippen LogP contribution in [0.1, 0.15) is 33.1 Å². The van der Waals surface area contributed by atoms with Gasteiger partial charge in [-0.3, -0.25) is 14.5 Å². The molecule has 1 atom stereocenters. The number of morpholine rings is 1. The fraction of sp³-hybridized carbons (Fsp3) is 0.889. The van der Waals surface area contributed by atoms with Crippen molar-refractivity contribution in [2.45, 2.75) is 38.6 Å². The van der Waals surface area contributed by atoms with E-state index in [0.717, 1.165) is 45.4 Å². The number of rotatable bonds is 3. The van der Waals surface area contributed by atoms with Crippen LogP contribution in [0.2, 0.25) is 0 Å². The largest absolute Gasteiger partial charge is 0.394 e. The summed E-state index contributed by atoms with van der Waals surface area (Å²) in [6, 6.07) is 0. The number of hydrogen-bond donors (Lipinski definition) is 1. The predicted molar refractivity (Wildman–Crippen MR) is 93.0 cm³/mol. The second-order valence-corrected chi connectivity index (χ2v) is 8.21. The highest BCUT2D eigenvalue weighted by atomic mass is 16.5. The number of likely N-dealkylation sites (tertiary alicyclic amines) is 2. The van der Waals surface area contributed by atoms with Crippen molar-refractivity contribution in [3.63, 3.8) is 0 Å². The van der Waals surface area contributed by atoms with Gasteiger partial charge in [-0.2, -0.15) is 0 Å². The molecule has 3 fully saturated rings. The summed E-state index contributed by atoms with van der Waals surface area (Å²) < 4.78 is 5.33. The SMILES string of the molecule is CC(=O)N1CC2(CCN(C(=O)CN3CCOCC3)CC2)CC1(C)CO. The van der Waals surface area contributed by atoms with Crippen LogP contribution in [0, 0.1) is 5.41 Å². The fourth-order valence-corrected chi connectivity index (χ4v) is 4.73. The lowest BCUT2D eigenvalue weighted by Crippen LogP contribution is -2.49. The second kappa shape index (κ2) is 7.21. The van der Waals surface area contributed by atoms with Crippen LogP contribution in [0.3, 0.4) is 0 Å². The summed E-state index contributed by atoms with van der Waals surface area (Å²) in [6.07, 6.45) is 2.63. The minimum atomic E-state index is -0.466. The third kappa shape index (κ3) is 3.83. The maximum absolute atomic E-state index is 12.6. The van der Waals surface area contributed by atoms with Crippen molar-refractivity contribution in [3.8, 4) is 0 Å². The van der Waals surface area contributed by atoms with Crippen LogP contribution in [0.5, 0.6) is 0 Å². The summed E-state index contributed by atoms with van der Waals surface area (Å²) in [5.41, 5.74) is -0.426. The Balaban J connectivity index is 1.56. The lowest BCUT2D eigenvalue weighted by molar-refractivity contribution is -0.137. The monoisotopic (exact) mass is 353 g/mol. The van der Waals surface area contributed by atoms with Gasteiger partial charge in [0.05, 0.1) is 31.9 Å². The molecule has 0 saturated carbocycles. The van der Waals surface area contributed by atoms with Crippen LogP contribution in [0.25, 0.3) is 0 Å². The van der Waals surface area contributed by atoms with E-state index in [0.29, 0.717) is 26.3 Å². The number of aliphatic hydroxyl groups excluding tert-OH is 1. The number of nitrogens with zero attached hydrogens (tertiary/aromatic N) is 3. The first-order valence-electron chi connectivity index (χ1n) is 9.34. The van der Waals surface area contributed by atoms with Gasteiger partial charge in [0.25, 0.3) is 0 Å². The molecule has 1 unspecified atom stereocenters. The van der Waals surface area contributed by atoms with Crippen molar-refractivity contribution in [2.24, 2.45) is 5.41 Å². The third-order valence-electron chi connectivity index (χ3n) is 6.26. The standard InChI is InChI=1S/C18H31N3O4/c1-15(23)21-13-18(12-17(21,2)14-22)3-5-20(6-4-18)16(24)11-19-7-9-25-10-8-19/h22H,3-14H2,1-2H3. The molecule has 3 aliphatic heterocycles. The highest BCUT2D eigenvalue weighted by molar-refractivity contribution is 5.78. The highest BCUT2D eigenvalue weighted by Crippen LogP contribution is 2.47. The Hall–Kier alpha value is -1.18. The summed E-state index contributed by atoms with van der Waals surface area (Å²) in [5, 5.41) is 9.81. The highest BCUT2D eigenvalue weighted by Gasteiger charge is 2.52. The maximum atomic E-state index is 12.6. The van der Waals surface area contributed by atoms with Crippen molar-refractivity contribution in [1.29, 1.82) is 0 Å². The smallest absolute Gasteiger partial charge is 0.236 e. The Kier molecular flexibility index (Phi) is 5.37. The number of carbonyl (C=O) groups is 2. The summed E-state index contributed by atoms with van der Waals surface area (Å²) >= 11 is 0. The quantitative estimate of drug-likeness (QED) is 0.769. The van der Waals surface area contributed by atoms with Gasteiger partial charge in [0.15, 0.2) is 0 Å². The Morgan fingerprint density at radius 2 is 1.76 bits per heavy atom. The summed E-state index contributed by atoms with van der Waals surface area (Å²) in [4.78, 5) is 30.5. The van der Waals surface area contributed by atoms with Crippen molar-refractivity contribution >= 4 is 11.8 Å². The Labute approximate surface area is 149 Å². The van der Waals surface area contributed by atoms with E-state index in [2.05, 4.69) is 4.90 Å². The molecule has 0 aromatic heterocycles. The lowest BCUT2D eigenvalue weighted by atomic mass is 9.74. The van der Waals surface area contributed by atoms with Gasteiger partial charge in [-0.25, -0.2) is 0 Å². The first kappa shape index (κ1) is 18.6. The molecule has 0 aliphatic carbocycles. The molecule has 2 amide bonds. The van der Waals surface area contributed by atoms with Gasteiger partial charge >= 0.3 is 0 Å². The summed E-state index contributed by atoms with van der Waals surface area (Å²) in [7, 11) is 0. The summed E-state index contributed by atoms with van der Waals surface area (Å²) in [6.45, 7) is 9.27. The van der Waals surface area contributed by atoms with Crippen molar-refractivity contribution in [1.82, 2.24) is 14.7 Å². The van der Waals surface area contributed by atoms with E-state index in [9.17, 15) is 14.7 Å². The molecule has 0 aromatic carbocycles. The molecule has 1 spiro atoms. The van der Waals surface area contributed by atoms with Crippen molar-refractivity contribution in [3.05, 3.63) is 0 Å². The van der Waals surface area contributed by atoms with E-state index >= 15 is 0 Å². The molecule has 25 heavy (non-hydrogen) atoms. The first-order chi connectivity index (χ1) is 11.9. The summed E-state index contributed by atoms with van der Waals surface area (Å²) in [5.74, 6) is 0.224. The molecule has 7 heteroatoms. The Morgan fingerprint density at radius 3 is 2.28 bits per heavy atom. The van der Waals surface area contributed by atoms with Crippen LogP contribution in [0.4, 0.5) is 0 Å². The van der Waals surface area contributed by atoms with Crippen LogP contribution >= 0.6 is 0 Å². The van der Waals surface area contributed by atoms with Gasteiger partial charge in [-0.15, -0.1) is 0 Å².